The summed E-state index contributed by atoms with van der Waals surface area (Å²) in [7, 11) is 2.63. The number of hydrogen-bond acceptors (Lipinski definition) is 8. The van der Waals surface area contributed by atoms with Crippen molar-refractivity contribution in [3.63, 3.8) is 0 Å². The van der Waals surface area contributed by atoms with Gasteiger partial charge < -0.3 is 0 Å². The van der Waals surface area contributed by atoms with Gasteiger partial charge in [-0.25, -0.2) is 0 Å². The van der Waals surface area contributed by atoms with Crippen LogP contribution in [-0.2, 0) is 0 Å². The third kappa shape index (κ3) is 13.8. The Morgan fingerprint density at radius 1 is 0.557 bits per heavy atom. The van der Waals surface area contributed by atoms with Gasteiger partial charge in [-0.1, -0.05) is 48.5 Å². The molecule has 0 radical (unpaired) electrons. The van der Waals surface area contributed by atoms with Crippen LogP contribution in [0.15, 0.2) is 94.9 Å². The van der Waals surface area contributed by atoms with Crippen LogP contribution < -0.4 is 10.6 Å². The fraction of sp³-hybridized carbons (Fsp3) is 0.577. The molecule has 6 nitrogen and oxygen atoms in total. The molecule has 4 unspecified atom stereocenters. The Morgan fingerprint density at radius 2 is 0.984 bits per heavy atom. The first-order valence-corrected chi connectivity index (χ1v) is 34.0. The normalized spacial score (nSPS) is 16.6. The maximum absolute atomic E-state index is 5.05. The Hall–Kier alpha value is -2.50. The van der Waals surface area contributed by atoms with E-state index in [9.17, 15) is 0 Å². The third-order valence-corrected chi connectivity index (χ3v) is 37.3. The monoisotopic (exact) mass is 924 g/mol. The van der Waals surface area contributed by atoms with Gasteiger partial charge >= 0.3 is 334 Å². The zero-order chi connectivity index (χ0) is 42.9. The van der Waals surface area contributed by atoms with Crippen LogP contribution in [0.3, 0.4) is 0 Å². The van der Waals surface area contributed by atoms with Crippen LogP contribution in [0.2, 0.25) is 10.5 Å². The Morgan fingerprint density at radius 3 is 1.43 bits per heavy atom. The number of rotatable bonds is 28. The summed E-state index contributed by atoms with van der Waals surface area (Å²) in [5.74, 6) is 3.11. The zero-order valence-corrected chi connectivity index (χ0v) is 42.4. The van der Waals surface area contributed by atoms with Crippen LogP contribution in [0.1, 0.15) is 116 Å². The predicted octanol–water partition coefficient (Wildman–Crippen LogP) is 12.4. The Labute approximate surface area is 379 Å². The van der Waals surface area contributed by atoms with E-state index in [1.165, 1.54) is 106 Å². The summed E-state index contributed by atoms with van der Waals surface area (Å²) in [6.07, 6.45) is 11.0. The van der Waals surface area contributed by atoms with E-state index in [1.807, 2.05) is 0 Å². The molecule has 0 bridgehead atoms. The first-order valence-electron chi connectivity index (χ1n) is 24.1. The van der Waals surface area contributed by atoms with Gasteiger partial charge in [-0.15, -0.1) is 0 Å². The molecule has 0 saturated heterocycles. The average molecular weight is 924 g/mol. The molecule has 61 heavy (non-hydrogen) atoms. The van der Waals surface area contributed by atoms with Gasteiger partial charge in [-0.05, 0) is 0 Å². The van der Waals surface area contributed by atoms with E-state index >= 15 is 0 Å². The van der Waals surface area contributed by atoms with Crippen molar-refractivity contribution >= 4 is 64.4 Å². The second kappa shape index (κ2) is 25.1. The van der Waals surface area contributed by atoms with E-state index in [1.54, 1.807) is 0 Å². The number of nitrogens with zero attached hydrogens (tertiary/aromatic N) is 4. The molecule has 9 heteroatoms. The molecule has 0 saturated carbocycles. The molecule has 0 aliphatic carbocycles. The minimum absolute atomic E-state index is 0.293. The van der Waals surface area contributed by atoms with E-state index < -0.39 is 11.0 Å². The first-order chi connectivity index (χ1) is 29.8. The molecule has 2 aliphatic heterocycles. The second-order valence-corrected chi connectivity index (χ2v) is 38.3. The van der Waals surface area contributed by atoms with Gasteiger partial charge in [0, 0.05) is 0 Å². The van der Waals surface area contributed by atoms with Crippen LogP contribution in [0.5, 0.6) is 0 Å². The number of amidine groups is 2. The molecule has 4 atom stereocenters. The summed E-state index contributed by atoms with van der Waals surface area (Å²) in [6, 6.07) is 31.1. The van der Waals surface area contributed by atoms with E-state index in [0.717, 1.165) is 65.4 Å². The van der Waals surface area contributed by atoms with E-state index in [4.69, 9.17) is 9.98 Å². The number of benzene rings is 4. The van der Waals surface area contributed by atoms with Gasteiger partial charge in [0.1, 0.15) is 0 Å². The molecule has 6 rings (SSSR count). The number of hydrogen-bond donors (Lipinski definition) is 2. The molecule has 0 fully saturated rings. The topological polar surface area (TPSA) is 55.3 Å². The molecular weight excluding hydrogens is 845 g/mol. The first kappa shape index (κ1) is 48.0. The molecule has 0 amide bonds. The van der Waals surface area contributed by atoms with Crippen LogP contribution in [0.25, 0.3) is 21.5 Å². The Balaban J connectivity index is 1.01. The standard InChI is InChI=1S/C52H78GeN6S2/c1-7-9-11-17-29-53(30-18-12-10-8-2,60-41(3)39-54-31-35-58-37-33-56-51(58)43(5)47-27-19-23-45-21-13-15-25-49(45)47)61-42(4)40-55-32-36-59-38-34-57-52(59)44(6)48-28-20-24-46-22-14-16-26-50(46)48/h13-16,19-28,41-44,54-55H,7-12,17-18,29-40H2,1-6H3. The Bertz CT molecular complexity index is 1830. The number of fused-ring (bicyclic) bond motifs is 2. The molecule has 2 heterocycles. The molecule has 4 aromatic carbocycles. The number of aliphatic imine (C=N–C) groups is 2. The quantitative estimate of drug-likeness (QED) is 0.0437. The van der Waals surface area contributed by atoms with Crippen LogP contribution >= 0.6 is 20.2 Å². The summed E-state index contributed by atoms with van der Waals surface area (Å²) in [5, 5.41) is 17.5. The van der Waals surface area contributed by atoms with Gasteiger partial charge in [-0.3, -0.25) is 0 Å². The summed E-state index contributed by atoms with van der Waals surface area (Å²) in [6.45, 7) is 24.6. The summed E-state index contributed by atoms with van der Waals surface area (Å²) in [5.41, 5.74) is 2.78. The van der Waals surface area contributed by atoms with Crippen molar-refractivity contribution in [2.24, 2.45) is 9.98 Å². The predicted molar refractivity (Wildman–Crippen MR) is 276 cm³/mol. The van der Waals surface area contributed by atoms with Crippen molar-refractivity contribution in [2.75, 3.05) is 65.4 Å². The zero-order valence-electron chi connectivity index (χ0n) is 38.6. The van der Waals surface area contributed by atoms with Crippen molar-refractivity contribution in [3.05, 3.63) is 96.1 Å². The van der Waals surface area contributed by atoms with E-state index in [0.29, 0.717) is 22.3 Å². The summed E-state index contributed by atoms with van der Waals surface area (Å²) < 4.78 is 0. The Kier molecular flexibility index (Phi) is 19.7. The number of unbranched alkanes of at least 4 members (excludes halogenated alkanes) is 6. The van der Waals surface area contributed by atoms with Crippen LogP contribution in [0.4, 0.5) is 0 Å². The third-order valence-electron chi connectivity index (χ3n) is 12.9. The van der Waals surface area contributed by atoms with E-state index in [2.05, 4.69) is 167 Å². The minimum atomic E-state index is -2.34. The van der Waals surface area contributed by atoms with Gasteiger partial charge in [0.15, 0.2) is 0 Å². The molecule has 4 aromatic rings. The van der Waals surface area contributed by atoms with Crippen molar-refractivity contribution in [3.8, 4) is 0 Å². The van der Waals surface area contributed by atoms with Gasteiger partial charge in [-0.2, -0.15) is 0 Å². The molecule has 332 valence electrons. The van der Waals surface area contributed by atoms with Crippen LogP contribution in [-0.4, -0.2) is 108 Å². The molecule has 2 N–H and O–H groups in total. The SMILES string of the molecule is CCCCC[CH2][Ge]([CH2]CCCCC)([S]C(C)CNCCN1CCN=C1C(C)c1cccc2ccccc12)[S]C(C)CNCCN1CCN=C1C(C)c1cccc2ccccc12. The van der Waals surface area contributed by atoms with Gasteiger partial charge in [0.2, 0.25) is 0 Å². The average Bonchev–Trinajstić information content (AvgIpc) is 3.96. The van der Waals surface area contributed by atoms with Crippen LogP contribution in [0, 0.1) is 0 Å². The molecule has 0 spiro atoms. The maximum atomic E-state index is 5.05. The fourth-order valence-corrected chi connectivity index (χ4v) is 38.5. The van der Waals surface area contributed by atoms with E-state index in [-0.39, 0.29) is 0 Å². The summed E-state index contributed by atoms with van der Waals surface area (Å²) >= 11 is 0. The van der Waals surface area contributed by atoms with Crippen molar-refractivity contribution in [1.29, 1.82) is 0 Å². The van der Waals surface area contributed by atoms with Crippen molar-refractivity contribution < 1.29 is 0 Å². The molecule has 0 aromatic heterocycles. The van der Waals surface area contributed by atoms with Crippen molar-refractivity contribution in [2.45, 2.75) is 126 Å². The van der Waals surface area contributed by atoms with Gasteiger partial charge in [0.25, 0.3) is 0 Å². The van der Waals surface area contributed by atoms with Gasteiger partial charge in [0.05, 0.1) is 0 Å². The van der Waals surface area contributed by atoms with Crippen molar-refractivity contribution in [1.82, 2.24) is 20.4 Å². The molecular formula is C52H78GeN6S2. The fourth-order valence-electron chi connectivity index (χ4n) is 9.69. The number of nitrogens with one attached hydrogen (secondary N) is 2. The summed E-state index contributed by atoms with van der Waals surface area (Å²) in [4.78, 5) is 15.2. The molecule has 2 aliphatic rings. The second-order valence-electron chi connectivity index (χ2n) is 17.8.